The molecule has 12 heteroatoms. The van der Waals surface area contributed by atoms with Gasteiger partial charge in [0.05, 0.1) is 12.2 Å². The van der Waals surface area contributed by atoms with E-state index in [1.54, 1.807) is 35.1 Å². The van der Waals surface area contributed by atoms with Crippen LogP contribution >= 0.6 is 0 Å². The number of aromatic nitrogens is 4. The molecule has 2 atom stereocenters. The summed E-state index contributed by atoms with van der Waals surface area (Å²) in [6, 6.07) is 9.86. The van der Waals surface area contributed by atoms with Crippen LogP contribution in [-0.2, 0) is 10.0 Å². The standard InChI is InChI=1S/C30H37N7O4S/c1-29(2)17-20-5-4-15-31-23-6-3-7-26(32-23)42(39,40)35-28(38)22-8-9-24(33-27(22)36(29)18-20)37-16-11-25(34-37)41-19-21-10-12-30(21)13-14-30/h3,6-9,11,16,20-21H,4-5,10,12-15,17-19H2,1-2H3,(H,31,32)(H,35,38)/t20-,21?/m1/s1. The van der Waals surface area contributed by atoms with Crippen LogP contribution in [0.2, 0.25) is 0 Å². The van der Waals surface area contributed by atoms with E-state index in [-0.39, 0.29) is 16.1 Å². The molecule has 4 bridgehead atoms. The molecule has 11 nitrogen and oxygen atoms in total. The molecule has 42 heavy (non-hydrogen) atoms. The largest absolute Gasteiger partial charge is 0.476 e. The van der Waals surface area contributed by atoms with Crippen LogP contribution < -0.4 is 19.7 Å². The van der Waals surface area contributed by atoms with Crippen LogP contribution in [0.1, 0.15) is 69.2 Å². The van der Waals surface area contributed by atoms with Gasteiger partial charge in [0.15, 0.2) is 10.8 Å². The molecule has 1 unspecified atom stereocenters. The molecule has 2 aliphatic heterocycles. The van der Waals surface area contributed by atoms with E-state index in [1.807, 2.05) is 6.07 Å². The zero-order valence-electron chi connectivity index (χ0n) is 24.0. The second kappa shape index (κ2) is 9.96. The van der Waals surface area contributed by atoms with Crippen molar-refractivity contribution in [1.82, 2.24) is 24.5 Å². The smallest absolute Gasteiger partial charge is 0.281 e. The van der Waals surface area contributed by atoms with Crippen LogP contribution in [0.15, 0.2) is 47.6 Å². The summed E-state index contributed by atoms with van der Waals surface area (Å²) in [5.74, 6) is 2.22. The maximum absolute atomic E-state index is 13.6. The van der Waals surface area contributed by atoms with Gasteiger partial charge in [0.1, 0.15) is 11.6 Å². The number of anilines is 2. The molecule has 1 spiro atoms. The third-order valence-corrected chi connectivity index (χ3v) is 10.9. The van der Waals surface area contributed by atoms with Crippen molar-refractivity contribution in [3.8, 4) is 11.7 Å². The number of hydrogen-bond donors (Lipinski definition) is 2. The van der Waals surface area contributed by atoms with E-state index in [2.05, 4.69) is 38.9 Å². The molecule has 0 aromatic carbocycles. The molecular formula is C30H37N7O4S. The van der Waals surface area contributed by atoms with Gasteiger partial charge in [0.25, 0.3) is 15.9 Å². The van der Waals surface area contributed by atoms with Crippen molar-refractivity contribution in [3.63, 3.8) is 0 Å². The molecule has 5 heterocycles. The third-order valence-electron chi connectivity index (χ3n) is 9.62. The van der Waals surface area contributed by atoms with Gasteiger partial charge in [-0.25, -0.2) is 19.4 Å². The van der Waals surface area contributed by atoms with Gasteiger partial charge in [-0.3, -0.25) is 4.79 Å². The van der Waals surface area contributed by atoms with Crippen LogP contribution in [0.3, 0.4) is 0 Å². The molecular weight excluding hydrogens is 554 g/mol. The maximum atomic E-state index is 13.6. The minimum absolute atomic E-state index is 0.184. The van der Waals surface area contributed by atoms with Crippen molar-refractivity contribution in [2.45, 2.75) is 69.4 Å². The fourth-order valence-electron chi connectivity index (χ4n) is 6.93. The molecule has 1 amide bonds. The van der Waals surface area contributed by atoms with Crippen molar-refractivity contribution in [2.75, 3.05) is 29.9 Å². The molecule has 3 aromatic rings. The number of rotatable bonds is 4. The van der Waals surface area contributed by atoms with E-state index in [1.165, 1.54) is 31.7 Å². The van der Waals surface area contributed by atoms with Crippen LogP contribution in [0.25, 0.3) is 5.82 Å². The molecule has 2 aliphatic carbocycles. The predicted molar refractivity (Wildman–Crippen MR) is 157 cm³/mol. The average Bonchev–Trinajstić information content (AvgIpc) is 3.57. The van der Waals surface area contributed by atoms with Gasteiger partial charge >= 0.3 is 0 Å². The Labute approximate surface area is 246 Å². The number of carbonyl (C=O) groups excluding carboxylic acids is 1. The van der Waals surface area contributed by atoms with E-state index in [4.69, 9.17) is 9.72 Å². The van der Waals surface area contributed by atoms with Crippen LogP contribution in [0.4, 0.5) is 11.6 Å². The molecule has 7 rings (SSSR count). The number of fused-ring (bicyclic) bond motifs is 6. The van der Waals surface area contributed by atoms with Crippen molar-refractivity contribution in [1.29, 1.82) is 0 Å². The minimum Gasteiger partial charge on any atom is -0.476 e. The summed E-state index contributed by atoms with van der Waals surface area (Å²) in [7, 11) is -4.22. The summed E-state index contributed by atoms with van der Waals surface area (Å²) in [6.45, 7) is 6.34. The number of carbonyl (C=O) groups is 1. The highest BCUT2D eigenvalue weighted by Crippen LogP contribution is 2.64. The summed E-state index contributed by atoms with van der Waals surface area (Å²) in [5.41, 5.74) is 0.431. The van der Waals surface area contributed by atoms with Crippen molar-refractivity contribution >= 4 is 27.6 Å². The molecule has 4 aliphatic rings. The first-order valence-corrected chi connectivity index (χ1v) is 16.4. The normalized spacial score (nSPS) is 25.3. The molecule has 3 fully saturated rings. The van der Waals surface area contributed by atoms with E-state index < -0.39 is 15.9 Å². The number of pyridine rings is 2. The van der Waals surface area contributed by atoms with Crippen LogP contribution in [0.5, 0.6) is 5.88 Å². The number of nitrogens with one attached hydrogen (secondary N) is 2. The van der Waals surface area contributed by atoms with Gasteiger partial charge in [-0.05, 0) is 100 Å². The number of hydrogen-bond acceptors (Lipinski definition) is 9. The van der Waals surface area contributed by atoms with Gasteiger partial charge in [-0.15, -0.1) is 5.10 Å². The second-order valence-electron chi connectivity index (χ2n) is 12.9. The lowest BCUT2D eigenvalue weighted by molar-refractivity contribution is 0.0815. The zero-order valence-corrected chi connectivity index (χ0v) is 24.9. The Morgan fingerprint density at radius 1 is 1.07 bits per heavy atom. The highest BCUT2D eigenvalue weighted by molar-refractivity contribution is 7.90. The Morgan fingerprint density at radius 2 is 1.93 bits per heavy atom. The summed E-state index contributed by atoms with van der Waals surface area (Å²) in [4.78, 5) is 24.9. The van der Waals surface area contributed by atoms with E-state index in [0.29, 0.717) is 60.3 Å². The van der Waals surface area contributed by atoms with Crippen molar-refractivity contribution in [3.05, 3.63) is 48.2 Å². The van der Waals surface area contributed by atoms with Gasteiger partial charge < -0.3 is 15.0 Å². The second-order valence-corrected chi connectivity index (χ2v) is 14.5. The summed E-state index contributed by atoms with van der Waals surface area (Å²) in [5, 5.41) is 7.62. The van der Waals surface area contributed by atoms with Gasteiger partial charge in [0, 0.05) is 30.9 Å². The first-order chi connectivity index (χ1) is 20.1. The van der Waals surface area contributed by atoms with E-state index in [0.717, 1.165) is 19.3 Å². The fourth-order valence-corrected chi connectivity index (χ4v) is 7.87. The number of nitrogens with zero attached hydrogens (tertiary/aromatic N) is 5. The first kappa shape index (κ1) is 27.2. The first-order valence-electron chi connectivity index (χ1n) is 14.9. The molecule has 2 saturated carbocycles. The molecule has 0 radical (unpaired) electrons. The maximum Gasteiger partial charge on any atom is 0.281 e. The lowest BCUT2D eigenvalue weighted by atomic mass is 9.71. The Balaban J connectivity index is 1.21. The Morgan fingerprint density at radius 3 is 2.71 bits per heavy atom. The Hall–Kier alpha value is -3.67. The van der Waals surface area contributed by atoms with Gasteiger partial charge in [-0.2, -0.15) is 8.42 Å². The van der Waals surface area contributed by atoms with Gasteiger partial charge in [0.2, 0.25) is 5.88 Å². The van der Waals surface area contributed by atoms with Gasteiger partial charge in [-0.1, -0.05) is 6.07 Å². The van der Waals surface area contributed by atoms with Crippen LogP contribution in [0, 0.1) is 17.3 Å². The fraction of sp³-hybridized carbons (Fsp3) is 0.533. The van der Waals surface area contributed by atoms with E-state index in [9.17, 15) is 13.2 Å². The SMILES string of the molecule is CC1(C)C[C@H]2CCCNc3cccc(n3)S(=O)(=O)NC(=O)c3ccc(-n4ccc(OCC5CCC56CC6)n4)nc3N1C2. The lowest BCUT2D eigenvalue weighted by Crippen LogP contribution is -2.41. The molecule has 222 valence electrons. The Bertz CT molecular complexity index is 1630. The topological polar surface area (TPSA) is 131 Å². The molecule has 2 N–H and O–H groups in total. The quantitative estimate of drug-likeness (QED) is 0.459. The van der Waals surface area contributed by atoms with E-state index >= 15 is 0 Å². The highest BCUT2D eigenvalue weighted by atomic mass is 32.2. The minimum atomic E-state index is -4.22. The number of sulfonamides is 1. The summed E-state index contributed by atoms with van der Waals surface area (Å²) >= 11 is 0. The predicted octanol–water partition coefficient (Wildman–Crippen LogP) is 4.16. The Kier molecular flexibility index (Phi) is 6.45. The summed E-state index contributed by atoms with van der Waals surface area (Å²) in [6.07, 6.45) is 9.78. The molecule has 1 saturated heterocycles. The number of amides is 1. The van der Waals surface area contributed by atoms with Crippen LogP contribution in [-0.4, -0.2) is 59.3 Å². The van der Waals surface area contributed by atoms with Crippen molar-refractivity contribution < 1.29 is 17.9 Å². The highest BCUT2D eigenvalue weighted by Gasteiger charge is 2.55. The lowest BCUT2D eigenvalue weighted by Gasteiger charge is -2.36. The molecule has 3 aromatic heterocycles. The average molecular weight is 592 g/mol. The monoisotopic (exact) mass is 591 g/mol. The third kappa shape index (κ3) is 4.99. The summed E-state index contributed by atoms with van der Waals surface area (Å²) < 4.78 is 36.3. The van der Waals surface area contributed by atoms with Crippen molar-refractivity contribution in [2.24, 2.45) is 17.3 Å². The number of ether oxygens (including phenoxy) is 1. The zero-order chi connectivity index (χ0) is 29.1.